The zero-order valence-corrected chi connectivity index (χ0v) is 26.3. The fourth-order valence-electron chi connectivity index (χ4n) is 6.36. The Kier molecular flexibility index (Phi) is 20.0. The molecule has 0 aromatic heterocycles. The largest absolute Gasteiger partial charge is 0.455 e. The lowest BCUT2D eigenvalue weighted by Crippen LogP contribution is -2.43. The van der Waals surface area contributed by atoms with Crippen molar-refractivity contribution in [3.05, 3.63) is 11.6 Å². The molecule has 5 atom stereocenters. The van der Waals surface area contributed by atoms with Gasteiger partial charge in [-0.15, -0.1) is 0 Å². The van der Waals surface area contributed by atoms with Gasteiger partial charge in [0.05, 0.1) is 24.4 Å². The topological polar surface area (TPSA) is 76.0 Å². The Morgan fingerprint density at radius 1 is 0.775 bits per heavy atom. The Bertz CT molecular complexity index is 662. The number of cyclic esters (lactones) is 1. The van der Waals surface area contributed by atoms with Crippen molar-refractivity contribution < 1.29 is 24.5 Å². The first-order chi connectivity index (χ1) is 19.5. The van der Waals surface area contributed by atoms with Gasteiger partial charge in [-0.3, -0.25) is 0 Å². The second-order valence-electron chi connectivity index (χ2n) is 12.8. The van der Waals surface area contributed by atoms with E-state index in [4.69, 9.17) is 9.47 Å². The summed E-state index contributed by atoms with van der Waals surface area (Å²) in [5.41, 5.74) is 0.870. The van der Waals surface area contributed by atoms with E-state index in [0.29, 0.717) is 0 Å². The van der Waals surface area contributed by atoms with Gasteiger partial charge in [0.1, 0.15) is 6.10 Å². The average Bonchev–Trinajstić information content (AvgIpc) is 3.27. The molecule has 0 unspecified atom stereocenters. The molecule has 0 saturated carbocycles. The van der Waals surface area contributed by atoms with Gasteiger partial charge in [0, 0.05) is 5.57 Å². The molecule has 0 radical (unpaired) electrons. The van der Waals surface area contributed by atoms with Crippen LogP contribution in [0.1, 0.15) is 174 Å². The molecule has 5 heteroatoms. The van der Waals surface area contributed by atoms with Crippen molar-refractivity contribution in [3.63, 3.8) is 0 Å². The monoisotopic (exact) mass is 564 g/mol. The minimum absolute atomic E-state index is 0.0446. The summed E-state index contributed by atoms with van der Waals surface area (Å²) in [5, 5.41) is 21.2. The van der Waals surface area contributed by atoms with Crippen LogP contribution in [0.2, 0.25) is 0 Å². The van der Waals surface area contributed by atoms with Crippen molar-refractivity contribution in [2.45, 2.75) is 205 Å². The molecule has 0 aromatic rings. The van der Waals surface area contributed by atoms with Crippen molar-refractivity contribution >= 4 is 5.97 Å². The van der Waals surface area contributed by atoms with Crippen molar-refractivity contribution in [2.75, 3.05) is 0 Å². The molecule has 0 aromatic carbocycles. The number of unbranched alkanes of at least 4 members (excludes halogenated alkanes) is 18. The summed E-state index contributed by atoms with van der Waals surface area (Å²) in [6, 6.07) is 0. The summed E-state index contributed by atoms with van der Waals surface area (Å²) in [6.07, 6.45) is 30.4. The van der Waals surface area contributed by atoms with E-state index >= 15 is 0 Å². The standard InChI is InChI=1S/C35H64O5/c1-3-4-5-6-7-8-13-16-19-22-25-33-32(37)26-27-34(40-33)31(36)24-21-18-15-12-10-9-11-14-17-20-23-30-28-29(2)39-35(30)38/h28-29,31-34,36-37H,3-27H2,1-2H3/t29-,31+,32+,33+,34+/m0/s1. The molecule has 0 amide bonds. The Labute approximate surface area is 246 Å². The first-order valence-corrected chi connectivity index (χ1v) is 17.4. The summed E-state index contributed by atoms with van der Waals surface area (Å²) in [6.45, 7) is 4.18. The minimum Gasteiger partial charge on any atom is -0.455 e. The van der Waals surface area contributed by atoms with E-state index in [1.807, 2.05) is 13.0 Å². The first-order valence-electron chi connectivity index (χ1n) is 17.4. The van der Waals surface area contributed by atoms with Gasteiger partial charge in [-0.05, 0) is 51.5 Å². The third-order valence-corrected chi connectivity index (χ3v) is 8.98. The summed E-state index contributed by atoms with van der Waals surface area (Å²) >= 11 is 0. The van der Waals surface area contributed by atoms with Crippen LogP contribution in [0.5, 0.6) is 0 Å². The van der Waals surface area contributed by atoms with Crippen LogP contribution in [-0.2, 0) is 14.3 Å². The maximum Gasteiger partial charge on any atom is 0.334 e. The number of ether oxygens (including phenoxy) is 2. The minimum atomic E-state index is -0.396. The van der Waals surface area contributed by atoms with Gasteiger partial charge in [0.2, 0.25) is 0 Å². The fourth-order valence-corrected chi connectivity index (χ4v) is 6.36. The number of rotatable bonds is 25. The van der Waals surface area contributed by atoms with E-state index < -0.39 is 6.10 Å². The Balaban J connectivity index is 1.39. The highest BCUT2D eigenvalue weighted by Crippen LogP contribution is 2.27. The average molecular weight is 565 g/mol. The van der Waals surface area contributed by atoms with E-state index in [1.165, 1.54) is 109 Å². The van der Waals surface area contributed by atoms with Gasteiger partial charge in [-0.25, -0.2) is 4.79 Å². The van der Waals surface area contributed by atoms with Crippen LogP contribution in [0.3, 0.4) is 0 Å². The maximum absolute atomic E-state index is 11.6. The van der Waals surface area contributed by atoms with E-state index in [0.717, 1.165) is 56.9 Å². The number of carbonyl (C=O) groups is 1. The molecule has 234 valence electrons. The summed E-state index contributed by atoms with van der Waals surface area (Å²) in [7, 11) is 0. The van der Waals surface area contributed by atoms with E-state index in [-0.39, 0.29) is 30.4 Å². The Morgan fingerprint density at radius 3 is 1.85 bits per heavy atom. The van der Waals surface area contributed by atoms with Crippen LogP contribution in [0, 0.1) is 0 Å². The van der Waals surface area contributed by atoms with Gasteiger partial charge in [-0.1, -0.05) is 129 Å². The van der Waals surface area contributed by atoms with E-state index in [1.54, 1.807) is 0 Å². The van der Waals surface area contributed by atoms with Gasteiger partial charge in [-0.2, -0.15) is 0 Å². The number of aliphatic hydroxyl groups is 2. The SMILES string of the molecule is CCCCCCCCCCCC[C@H]1O[C@@H]([C@H](O)CCCCCCCCCCCCC2=C[C@H](C)OC2=O)CC[C@H]1O. The lowest BCUT2D eigenvalue weighted by atomic mass is 9.93. The van der Waals surface area contributed by atoms with Crippen LogP contribution in [-0.4, -0.2) is 46.7 Å². The fraction of sp³-hybridized carbons (Fsp3) is 0.914. The molecule has 0 bridgehead atoms. The predicted octanol–water partition coefficient (Wildman–Crippen LogP) is 9.12. The molecule has 0 aliphatic carbocycles. The van der Waals surface area contributed by atoms with Gasteiger partial charge in [0.25, 0.3) is 0 Å². The lowest BCUT2D eigenvalue weighted by molar-refractivity contribution is -0.155. The molecule has 2 aliphatic rings. The number of hydrogen-bond acceptors (Lipinski definition) is 5. The highest BCUT2D eigenvalue weighted by Gasteiger charge is 2.32. The highest BCUT2D eigenvalue weighted by molar-refractivity contribution is 5.90. The van der Waals surface area contributed by atoms with Crippen LogP contribution >= 0.6 is 0 Å². The number of esters is 1. The van der Waals surface area contributed by atoms with Crippen LogP contribution < -0.4 is 0 Å². The van der Waals surface area contributed by atoms with Crippen LogP contribution in [0.15, 0.2) is 11.6 Å². The molecular formula is C35H64O5. The molecule has 2 N–H and O–H groups in total. The smallest absolute Gasteiger partial charge is 0.334 e. The Hall–Kier alpha value is -0.910. The third-order valence-electron chi connectivity index (χ3n) is 8.98. The van der Waals surface area contributed by atoms with Gasteiger partial charge >= 0.3 is 5.97 Å². The third kappa shape index (κ3) is 15.9. The molecule has 0 spiro atoms. The quantitative estimate of drug-likeness (QED) is 0.0854. The summed E-state index contributed by atoms with van der Waals surface area (Å²) < 4.78 is 11.4. The van der Waals surface area contributed by atoms with E-state index in [2.05, 4.69) is 6.92 Å². The van der Waals surface area contributed by atoms with Gasteiger partial charge < -0.3 is 19.7 Å². The molecule has 1 fully saturated rings. The number of aliphatic hydroxyl groups excluding tert-OH is 2. The number of carbonyl (C=O) groups excluding carboxylic acids is 1. The molecule has 2 heterocycles. The van der Waals surface area contributed by atoms with Crippen molar-refractivity contribution in [1.29, 1.82) is 0 Å². The van der Waals surface area contributed by atoms with Crippen LogP contribution in [0.4, 0.5) is 0 Å². The zero-order valence-electron chi connectivity index (χ0n) is 26.3. The molecule has 5 nitrogen and oxygen atoms in total. The molecule has 2 aliphatic heterocycles. The second kappa shape index (κ2) is 22.7. The molecule has 2 rings (SSSR count). The zero-order chi connectivity index (χ0) is 28.8. The lowest BCUT2D eigenvalue weighted by Gasteiger charge is -2.36. The Morgan fingerprint density at radius 2 is 1.30 bits per heavy atom. The van der Waals surface area contributed by atoms with Crippen molar-refractivity contribution in [3.8, 4) is 0 Å². The van der Waals surface area contributed by atoms with Crippen LogP contribution in [0.25, 0.3) is 0 Å². The maximum atomic E-state index is 11.6. The summed E-state index contributed by atoms with van der Waals surface area (Å²) in [4.78, 5) is 11.6. The molecule has 1 saturated heterocycles. The number of hydrogen-bond donors (Lipinski definition) is 2. The molecule has 40 heavy (non-hydrogen) atoms. The first kappa shape index (κ1) is 35.3. The summed E-state index contributed by atoms with van der Waals surface area (Å²) in [5.74, 6) is -0.117. The normalized spacial score (nSPS) is 23.8. The second-order valence-corrected chi connectivity index (χ2v) is 12.8. The molecular weight excluding hydrogens is 500 g/mol. The van der Waals surface area contributed by atoms with Gasteiger partial charge in [0.15, 0.2) is 0 Å². The van der Waals surface area contributed by atoms with Crippen molar-refractivity contribution in [2.24, 2.45) is 0 Å². The van der Waals surface area contributed by atoms with E-state index in [9.17, 15) is 15.0 Å². The predicted molar refractivity (Wildman–Crippen MR) is 165 cm³/mol. The highest BCUT2D eigenvalue weighted by atomic mass is 16.5. The van der Waals surface area contributed by atoms with Crippen molar-refractivity contribution in [1.82, 2.24) is 0 Å².